The van der Waals surface area contributed by atoms with E-state index in [-0.39, 0.29) is 11.1 Å². The van der Waals surface area contributed by atoms with Gasteiger partial charge >= 0.3 is 0 Å². The summed E-state index contributed by atoms with van der Waals surface area (Å²) in [6.07, 6.45) is 3.31. The average molecular weight is 535 g/mol. The van der Waals surface area contributed by atoms with Crippen LogP contribution in [0.3, 0.4) is 0 Å². The molecule has 1 unspecified atom stereocenters. The molecule has 0 aliphatic heterocycles. The molecular formula is C24H30INO3Si. The summed E-state index contributed by atoms with van der Waals surface area (Å²) in [5, 5.41) is 0.126. The number of hydrogen-bond donors (Lipinski definition) is 0. The molecule has 1 heterocycles. The van der Waals surface area contributed by atoms with Gasteiger partial charge in [-0.3, -0.25) is 0 Å². The van der Waals surface area contributed by atoms with Crippen LogP contribution in [0.2, 0.25) is 18.1 Å². The lowest BCUT2D eigenvalue weighted by Gasteiger charge is -2.38. The quantitative estimate of drug-likeness (QED) is 0.218. The van der Waals surface area contributed by atoms with Crippen molar-refractivity contribution in [2.24, 2.45) is 0 Å². The van der Waals surface area contributed by atoms with Gasteiger partial charge in [0.15, 0.2) is 12.1 Å². The molecule has 0 aliphatic rings. The molecule has 0 spiro atoms. The maximum atomic E-state index is 6.68. The second kappa shape index (κ2) is 9.66. The standard InChI is InChI=1S/C24H30INO3Si/c1-24(2,3)30(4,5)29-21(23-26-17-22(25)28-23)16-13-18-11-14-20(15-12-18)27-19-9-7-6-8-10-19/h6-12,14-15,17,21H,13,16H2,1-5H3. The number of oxazole rings is 1. The van der Waals surface area contributed by atoms with Gasteiger partial charge in [0, 0.05) is 22.6 Å². The number of rotatable bonds is 8. The van der Waals surface area contributed by atoms with Gasteiger partial charge in [0.2, 0.25) is 5.89 Å². The molecule has 1 atom stereocenters. The van der Waals surface area contributed by atoms with E-state index < -0.39 is 8.32 Å². The zero-order chi connectivity index (χ0) is 21.8. The first-order valence-corrected chi connectivity index (χ1v) is 14.2. The average Bonchev–Trinajstić information content (AvgIpc) is 3.12. The number of hydrogen-bond acceptors (Lipinski definition) is 4. The van der Waals surface area contributed by atoms with Crippen LogP contribution in [-0.2, 0) is 10.8 Å². The van der Waals surface area contributed by atoms with E-state index in [9.17, 15) is 0 Å². The highest BCUT2D eigenvalue weighted by atomic mass is 127. The Kier molecular flexibility index (Phi) is 7.41. The van der Waals surface area contributed by atoms with Crippen LogP contribution in [0.25, 0.3) is 0 Å². The molecule has 0 saturated heterocycles. The van der Waals surface area contributed by atoms with Crippen molar-refractivity contribution in [2.45, 2.75) is 57.8 Å². The minimum atomic E-state index is -1.95. The van der Waals surface area contributed by atoms with Crippen molar-refractivity contribution in [3.63, 3.8) is 0 Å². The molecule has 3 aromatic rings. The largest absolute Gasteiger partial charge is 0.457 e. The Bertz CT molecular complexity index is 933. The Morgan fingerprint density at radius 3 is 2.20 bits per heavy atom. The molecule has 0 amide bonds. The van der Waals surface area contributed by atoms with Crippen molar-refractivity contribution in [2.75, 3.05) is 0 Å². The maximum Gasteiger partial charge on any atom is 0.223 e. The van der Waals surface area contributed by atoms with Gasteiger partial charge in [0.05, 0.1) is 6.20 Å². The van der Waals surface area contributed by atoms with E-state index >= 15 is 0 Å². The summed E-state index contributed by atoms with van der Waals surface area (Å²) in [7, 11) is -1.95. The van der Waals surface area contributed by atoms with Gasteiger partial charge in [-0.2, -0.15) is 0 Å². The molecule has 3 rings (SSSR count). The molecule has 0 bridgehead atoms. The van der Waals surface area contributed by atoms with Crippen molar-refractivity contribution in [1.82, 2.24) is 4.98 Å². The summed E-state index contributed by atoms with van der Waals surface area (Å²) in [5.74, 6) is 2.35. The number of ether oxygens (including phenoxy) is 1. The molecule has 160 valence electrons. The molecule has 0 fully saturated rings. The lowest BCUT2D eigenvalue weighted by molar-refractivity contribution is 0.140. The third kappa shape index (κ3) is 6.18. The number of halogens is 1. The Hall–Kier alpha value is -1.64. The van der Waals surface area contributed by atoms with Crippen molar-refractivity contribution in [3.8, 4) is 11.5 Å². The minimum absolute atomic E-state index is 0.126. The monoisotopic (exact) mass is 535 g/mol. The van der Waals surface area contributed by atoms with Crippen molar-refractivity contribution in [1.29, 1.82) is 0 Å². The van der Waals surface area contributed by atoms with Gasteiger partial charge in [-0.1, -0.05) is 51.1 Å². The summed E-state index contributed by atoms with van der Waals surface area (Å²) < 4.78 is 19.2. The van der Waals surface area contributed by atoms with Crippen molar-refractivity contribution < 1.29 is 13.6 Å². The number of nitrogens with zero attached hydrogens (tertiary/aromatic N) is 1. The van der Waals surface area contributed by atoms with Crippen LogP contribution in [0.15, 0.2) is 65.2 Å². The third-order valence-corrected chi connectivity index (χ3v) is 10.6. The Morgan fingerprint density at radius 2 is 1.63 bits per heavy atom. The summed E-state index contributed by atoms with van der Waals surface area (Å²) in [5.41, 5.74) is 1.24. The molecular weight excluding hydrogens is 505 g/mol. The zero-order valence-electron chi connectivity index (χ0n) is 18.3. The first kappa shape index (κ1) is 23.0. The predicted molar refractivity (Wildman–Crippen MR) is 132 cm³/mol. The van der Waals surface area contributed by atoms with E-state index in [1.54, 1.807) is 6.20 Å². The highest BCUT2D eigenvalue weighted by Gasteiger charge is 2.40. The van der Waals surface area contributed by atoms with E-state index in [1.165, 1.54) is 5.56 Å². The lowest BCUT2D eigenvalue weighted by Crippen LogP contribution is -2.42. The molecule has 0 N–H and O–H groups in total. The normalized spacial score (nSPS) is 13.3. The predicted octanol–water partition coefficient (Wildman–Crippen LogP) is 7.77. The van der Waals surface area contributed by atoms with Crippen LogP contribution in [0.5, 0.6) is 11.5 Å². The summed E-state index contributed by atoms with van der Waals surface area (Å²) >= 11 is 2.15. The summed E-state index contributed by atoms with van der Waals surface area (Å²) in [6, 6.07) is 18.1. The van der Waals surface area contributed by atoms with Crippen LogP contribution >= 0.6 is 22.6 Å². The second-order valence-corrected chi connectivity index (χ2v) is 14.8. The van der Waals surface area contributed by atoms with Gasteiger partial charge in [0.25, 0.3) is 0 Å². The Balaban J connectivity index is 1.68. The van der Waals surface area contributed by atoms with Crippen LogP contribution in [-0.4, -0.2) is 13.3 Å². The molecule has 30 heavy (non-hydrogen) atoms. The van der Waals surface area contributed by atoms with Gasteiger partial charge in [-0.25, -0.2) is 4.98 Å². The molecule has 4 nitrogen and oxygen atoms in total. The Labute approximate surface area is 194 Å². The number of aryl methyl sites for hydroxylation is 1. The van der Waals surface area contributed by atoms with Crippen LogP contribution in [0, 0.1) is 3.77 Å². The minimum Gasteiger partial charge on any atom is -0.457 e. The molecule has 1 aromatic heterocycles. The fourth-order valence-electron chi connectivity index (χ4n) is 2.83. The zero-order valence-corrected chi connectivity index (χ0v) is 21.5. The molecule has 2 aromatic carbocycles. The Morgan fingerprint density at radius 1 is 1.00 bits per heavy atom. The van der Waals surface area contributed by atoms with E-state index in [1.807, 2.05) is 42.5 Å². The van der Waals surface area contributed by atoms with Crippen LogP contribution < -0.4 is 4.74 Å². The van der Waals surface area contributed by atoms with E-state index in [0.29, 0.717) is 5.89 Å². The SMILES string of the molecule is CC(C)(C)[Si](C)(C)OC(CCc1ccc(Oc2ccccc2)cc1)c1ncc(I)o1. The second-order valence-electron chi connectivity index (χ2n) is 8.97. The smallest absolute Gasteiger partial charge is 0.223 e. The first-order chi connectivity index (χ1) is 14.1. The van der Waals surface area contributed by atoms with Gasteiger partial charge in [-0.05, 0) is 60.8 Å². The first-order valence-electron chi connectivity index (χ1n) is 10.2. The maximum absolute atomic E-state index is 6.68. The van der Waals surface area contributed by atoms with Crippen LogP contribution in [0.4, 0.5) is 0 Å². The van der Waals surface area contributed by atoms with Crippen molar-refractivity contribution in [3.05, 3.63) is 76.0 Å². The van der Waals surface area contributed by atoms with E-state index in [2.05, 4.69) is 73.6 Å². The van der Waals surface area contributed by atoms with E-state index in [0.717, 1.165) is 28.1 Å². The topological polar surface area (TPSA) is 44.5 Å². The van der Waals surface area contributed by atoms with Crippen molar-refractivity contribution >= 4 is 30.9 Å². The number of para-hydroxylation sites is 1. The van der Waals surface area contributed by atoms with E-state index in [4.69, 9.17) is 13.6 Å². The number of aromatic nitrogens is 1. The highest BCUT2D eigenvalue weighted by molar-refractivity contribution is 14.1. The third-order valence-electron chi connectivity index (χ3n) is 5.61. The van der Waals surface area contributed by atoms with Gasteiger partial charge < -0.3 is 13.6 Å². The summed E-state index contributed by atoms with van der Waals surface area (Å²) in [4.78, 5) is 4.46. The van der Waals surface area contributed by atoms with Crippen LogP contribution in [0.1, 0.15) is 44.8 Å². The van der Waals surface area contributed by atoms with Gasteiger partial charge in [-0.15, -0.1) is 0 Å². The molecule has 0 aliphatic carbocycles. The highest BCUT2D eigenvalue weighted by Crippen LogP contribution is 2.40. The fourth-order valence-corrected chi connectivity index (χ4v) is 4.48. The lowest BCUT2D eigenvalue weighted by atomic mass is 10.1. The number of benzene rings is 2. The summed E-state index contributed by atoms with van der Waals surface area (Å²) in [6.45, 7) is 11.3. The molecule has 0 radical (unpaired) electrons. The van der Waals surface area contributed by atoms with Gasteiger partial charge in [0.1, 0.15) is 17.6 Å². The molecule has 6 heteroatoms. The fraction of sp³-hybridized carbons (Fsp3) is 0.375. The molecule has 0 saturated carbocycles.